The molecule has 0 unspecified atom stereocenters. The van der Waals surface area contributed by atoms with Crippen molar-refractivity contribution in [1.29, 1.82) is 0 Å². The predicted octanol–water partition coefficient (Wildman–Crippen LogP) is 4.13. The number of carbonyl (C=O) groups is 1. The average molecular weight is 435 g/mol. The number of amides is 1. The Bertz CT molecular complexity index is 1030. The molecule has 166 valence electrons. The molecule has 0 bridgehead atoms. The summed E-state index contributed by atoms with van der Waals surface area (Å²) in [6.45, 7) is 6.90. The average Bonchev–Trinajstić information content (AvgIpc) is 2.83. The molecule has 2 aromatic carbocycles. The third-order valence-electron chi connectivity index (χ3n) is 5.66. The summed E-state index contributed by atoms with van der Waals surface area (Å²) < 4.78 is 18.8. The molecule has 3 aromatic rings. The van der Waals surface area contributed by atoms with Gasteiger partial charge in [-0.05, 0) is 60.0 Å². The molecule has 1 fully saturated rings. The number of nitrogens with zero attached hydrogens (tertiary/aromatic N) is 4. The van der Waals surface area contributed by atoms with Crippen LogP contribution in [-0.4, -0.2) is 53.8 Å². The van der Waals surface area contributed by atoms with Crippen LogP contribution in [-0.2, 0) is 4.79 Å². The monoisotopic (exact) mass is 434 g/mol. The van der Waals surface area contributed by atoms with Gasteiger partial charge in [0.15, 0.2) is 12.4 Å². The quantitative estimate of drug-likeness (QED) is 0.584. The minimum absolute atomic E-state index is 0.0182. The standard InChI is InChI=1S/C25H27FN4O2/c1-18(2)19-5-9-22(10-6-19)32-17-25(31)30-15-13-29(14-16-30)24-12-11-23(27-28-24)20-3-7-21(26)8-4-20/h3-12,18H,13-17H2,1-2H3. The van der Waals surface area contributed by atoms with Crippen LogP contribution in [0.15, 0.2) is 60.7 Å². The Balaban J connectivity index is 1.27. The zero-order valence-electron chi connectivity index (χ0n) is 18.4. The van der Waals surface area contributed by atoms with Crippen LogP contribution in [0.25, 0.3) is 11.3 Å². The van der Waals surface area contributed by atoms with Crippen LogP contribution in [0.1, 0.15) is 25.3 Å². The lowest BCUT2D eigenvalue weighted by molar-refractivity contribution is -0.133. The maximum Gasteiger partial charge on any atom is 0.260 e. The van der Waals surface area contributed by atoms with Crippen molar-refractivity contribution >= 4 is 11.7 Å². The molecule has 1 amide bonds. The minimum Gasteiger partial charge on any atom is -0.484 e. The fraction of sp³-hybridized carbons (Fsp3) is 0.320. The highest BCUT2D eigenvalue weighted by atomic mass is 19.1. The molecule has 2 heterocycles. The van der Waals surface area contributed by atoms with Gasteiger partial charge in [0.05, 0.1) is 5.69 Å². The number of rotatable bonds is 6. The lowest BCUT2D eigenvalue weighted by atomic mass is 10.0. The molecule has 0 aliphatic carbocycles. The molecule has 1 aliphatic rings. The fourth-order valence-corrected chi connectivity index (χ4v) is 3.64. The van der Waals surface area contributed by atoms with Crippen molar-refractivity contribution < 1.29 is 13.9 Å². The lowest BCUT2D eigenvalue weighted by Gasteiger charge is -2.35. The lowest BCUT2D eigenvalue weighted by Crippen LogP contribution is -2.50. The van der Waals surface area contributed by atoms with Crippen LogP contribution in [0, 0.1) is 5.82 Å². The molecule has 1 aromatic heterocycles. The fourth-order valence-electron chi connectivity index (χ4n) is 3.64. The summed E-state index contributed by atoms with van der Waals surface area (Å²) >= 11 is 0. The second-order valence-electron chi connectivity index (χ2n) is 8.16. The third-order valence-corrected chi connectivity index (χ3v) is 5.66. The Labute approximate surface area is 187 Å². The van der Waals surface area contributed by atoms with Gasteiger partial charge in [0.25, 0.3) is 5.91 Å². The van der Waals surface area contributed by atoms with Gasteiger partial charge in [0.2, 0.25) is 0 Å². The summed E-state index contributed by atoms with van der Waals surface area (Å²) in [5.41, 5.74) is 2.76. The van der Waals surface area contributed by atoms with Crippen LogP contribution >= 0.6 is 0 Å². The van der Waals surface area contributed by atoms with E-state index >= 15 is 0 Å². The van der Waals surface area contributed by atoms with Gasteiger partial charge in [0, 0.05) is 31.7 Å². The van der Waals surface area contributed by atoms with E-state index in [4.69, 9.17) is 4.74 Å². The number of carbonyl (C=O) groups excluding carboxylic acids is 1. The van der Waals surface area contributed by atoms with Gasteiger partial charge >= 0.3 is 0 Å². The van der Waals surface area contributed by atoms with E-state index in [9.17, 15) is 9.18 Å². The van der Waals surface area contributed by atoms with E-state index in [1.807, 2.05) is 41.3 Å². The van der Waals surface area contributed by atoms with Crippen LogP contribution < -0.4 is 9.64 Å². The molecule has 4 rings (SSSR count). The first-order chi connectivity index (χ1) is 15.5. The normalized spacial score (nSPS) is 14.0. The molecule has 0 N–H and O–H groups in total. The van der Waals surface area contributed by atoms with Crippen molar-refractivity contribution in [3.8, 4) is 17.0 Å². The second-order valence-corrected chi connectivity index (χ2v) is 8.16. The minimum atomic E-state index is -0.278. The summed E-state index contributed by atoms with van der Waals surface area (Å²) in [6, 6.07) is 17.9. The van der Waals surface area contributed by atoms with Crippen LogP contribution in [0.2, 0.25) is 0 Å². The summed E-state index contributed by atoms with van der Waals surface area (Å²) in [6.07, 6.45) is 0. The van der Waals surface area contributed by atoms with Crippen LogP contribution in [0.4, 0.5) is 10.2 Å². The third kappa shape index (κ3) is 5.22. The number of benzene rings is 2. The van der Waals surface area contributed by atoms with Crippen molar-refractivity contribution in [2.45, 2.75) is 19.8 Å². The zero-order chi connectivity index (χ0) is 22.5. The number of piperazine rings is 1. The summed E-state index contributed by atoms with van der Waals surface area (Å²) in [5.74, 6) is 1.64. The first-order valence-electron chi connectivity index (χ1n) is 10.8. The highest BCUT2D eigenvalue weighted by molar-refractivity contribution is 5.78. The Morgan fingerprint density at radius 3 is 2.22 bits per heavy atom. The van der Waals surface area contributed by atoms with Crippen molar-refractivity contribution in [2.75, 3.05) is 37.7 Å². The molecule has 6 nitrogen and oxygen atoms in total. The number of hydrogen-bond donors (Lipinski definition) is 0. The molecule has 0 radical (unpaired) electrons. The molecule has 1 aliphatic heterocycles. The maximum absolute atomic E-state index is 13.1. The van der Waals surface area contributed by atoms with E-state index in [1.165, 1.54) is 17.7 Å². The number of halogens is 1. The Kier molecular flexibility index (Phi) is 6.63. The van der Waals surface area contributed by atoms with Gasteiger partial charge in [-0.25, -0.2) is 4.39 Å². The number of ether oxygens (including phenoxy) is 1. The molecule has 7 heteroatoms. The Hall–Kier alpha value is -3.48. The molecule has 0 spiro atoms. The first-order valence-corrected chi connectivity index (χ1v) is 10.8. The molecule has 0 atom stereocenters. The van der Waals surface area contributed by atoms with Gasteiger partial charge in [-0.1, -0.05) is 26.0 Å². The first kappa shape index (κ1) is 21.7. The van der Waals surface area contributed by atoms with E-state index in [2.05, 4.69) is 28.9 Å². The number of hydrogen-bond acceptors (Lipinski definition) is 5. The van der Waals surface area contributed by atoms with Gasteiger partial charge < -0.3 is 14.5 Å². The van der Waals surface area contributed by atoms with Gasteiger partial charge in [-0.2, -0.15) is 0 Å². The van der Waals surface area contributed by atoms with Gasteiger partial charge in [0.1, 0.15) is 11.6 Å². The molecule has 1 saturated heterocycles. The predicted molar refractivity (Wildman–Crippen MR) is 122 cm³/mol. The summed E-state index contributed by atoms with van der Waals surface area (Å²) in [4.78, 5) is 16.5. The van der Waals surface area contributed by atoms with Crippen molar-refractivity contribution in [1.82, 2.24) is 15.1 Å². The zero-order valence-corrected chi connectivity index (χ0v) is 18.4. The summed E-state index contributed by atoms with van der Waals surface area (Å²) in [5, 5.41) is 8.59. The van der Waals surface area contributed by atoms with Crippen LogP contribution in [0.3, 0.4) is 0 Å². The smallest absolute Gasteiger partial charge is 0.260 e. The van der Waals surface area contributed by atoms with E-state index in [-0.39, 0.29) is 18.3 Å². The van der Waals surface area contributed by atoms with Gasteiger partial charge in [-0.3, -0.25) is 4.79 Å². The topological polar surface area (TPSA) is 58.6 Å². The Morgan fingerprint density at radius 1 is 0.938 bits per heavy atom. The number of aromatic nitrogens is 2. The second kappa shape index (κ2) is 9.77. The molecular formula is C25H27FN4O2. The van der Waals surface area contributed by atoms with Crippen molar-refractivity contribution in [3.63, 3.8) is 0 Å². The van der Waals surface area contributed by atoms with E-state index in [0.717, 1.165) is 11.4 Å². The van der Waals surface area contributed by atoms with E-state index < -0.39 is 0 Å². The highest BCUT2D eigenvalue weighted by Gasteiger charge is 2.22. The van der Waals surface area contributed by atoms with E-state index in [0.29, 0.717) is 43.5 Å². The maximum atomic E-state index is 13.1. The largest absolute Gasteiger partial charge is 0.484 e. The number of anilines is 1. The highest BCUT2D eigenvalue weighted by Crippen LogP contribution is 2.21. The molecule has 32 heavy (non-hydrogen) atoms. The SMILES string of the molecule is CC(C)c1ccc(OCC(=O)N2CCN(c3ccc(-c4ccc(F)cc4)nn3)CC2)cc1. The van der Waals surface area contributed by atoms with Gasteiger partial charge in [-0.15, -0.1) is 10.2 Å². The summed E-state index contributed by atoms with van der Waals surface area (Å²) in [7, 11) is 0. The molecular weight excluding hydrogens is 407 g/mol. The van der Waals surface area contributed by atoms with Crippen molar-refractivity contribution in [2.24, 2.45) is 0 Å². The molecule has 0 saturated carbocycles. The van der Waals surface area contributed by atoms with Crippen LogP contribution in [0.5, 0.6) is 5.75 Å². The Morgan fingerprint density at radius 2 is 1.62 bits per heavy atom. The van der Waals surface area contributed by atoms with E-state index in [1.54, 1.807) is 12.1 Å². The van der Waals surface area contributed by atoms with Crippen molar-refractivity contribution in [3.05, 3.63) is 72.0 Å².